The summed E-state index contributed by atoms with van der Waals surface area (Å²) in [5.74, 6) is 0. The Balaban J connectivity index is 3.57. The van der Waals surface area contributed by atoms with E-state index in [1.54, 1.807) is 6.92 Å². The Labute approximate surface area is 75.1 Å². The number of nitrogens with one attached hydrogen (secondary N) is 1. The Morgan fingerprint density at radius 1 is 1.25 bits per heavy atom. The van der Waals surface area contributed by atoms with Crippen LogP contribution < -0.4 is 5.48 Å². The Morgan fingerprint density at radius 2 is 1.75 bits per heavy atom. The summed E-state index contributed by atoms with van der Waals surface area (Å²) in [5.41, 5.74) is 1.89. The van der Waals surface area contributed by atoms with E-state index in [0.29, 0.717) is 13.0 Å². The van der Waals surface area contributed by atoms with Crippen molar-refractivity contribution in [3.05, 3.63) is 0 Å². The molecule has 0 fully saturated rings. The summed E-state index contributed by atoms with van der Waals surface area (Å²) in [7, 11) is 0. The SMILES string of the molecule is CCC(C)(O)CNOC(C)(C)C. The van der Waals surface area contributed by atoms with Crippen LogP contribution in [0.15, 0.2) is 0 Å². The lowest BCUT2D eigenvalue weighted by Gasteiger charge is -2.25. The minimum absolute atomic E-state index is 0.205. The smallest absolute Gasteiger partial charge is 0.0812 e. The van der Waals surface area contributed by atoms with Crippen molar-refractivity contribution in [2.24, 2.45) is 0 Å². The van der Waals surface area contributed by atoms with E-state index < -0.39 is 5.60 Å². The second kappa shape index (κ2) is 4.21. The van der Waals surface area contributed by atoms with Crippen LogP contribution in [0.4, 0.5) is 0 Å². The van der Waals surface area contributed by atoms with Gasteiger partial charge in [0.1, 0.15) is 0 Å². The standard InChI is InChI=1S/C9H21NO2/c1-6-9(5,11)7-10-12-8(2,3)4/h10-11H,6-7H2,1-5H3. The second-order valence-electron chi connectivity index (χ2n) is 4.39. The number of rotatable bonds is 4. The minimum atomic E-state index is -0.675. The zero-order valence-corrected chi connectivity index (χ0v) is 8.77. The summed E-state index contributed by atoms with van der Waals surface area (Å²) < 4.78 is 0. The van der Waals surface area contributed by atoms with Gasteiger partial charge in [-0.15, -0.1) is 0 Å². The van der Waals surface area contributed by atoms with Crippen LogP contribution in [-0.2, 0) is 4.84 Å². The van der Waals surface area contributed by atoms with E-state index in [-0.39, 0.29) is 5.60 Å². The molecule has 2 N–H and O–H groups in total. The molecule has 12 heavy (non-hydrogen) atoms. The molecule has 0 spiro atoms. The van der Waals surface area contributed by atoms with Crippen molar-refractivity contribution in [3.8, 4) is 0 Å². The fourth-order valence-electron chi connectivity index (χ4n) is 0.533. The van der Waals surface area contributed by atoms with Crippen LogP contribution in [0.3, 0.4) is 0 Å². The van der Waals surface area contributed by atoms with Crippen molar-refractivity contribution in [2.75, 3.05) is 6.54 Å². The third kappa shape index (κ3) is 6.58. The molecule has 1 atom stereocenters. The first-order chi connectivity index (χ1) is 5.27. The first-order valence-corrected chi connectivity index (χ1v) is 4.40. The highest BCUT2D eigenvalue weighted by atomic mass is 16.7. The summed E-state index contributed by atoms with van der Waals surface area (Å²) in [5, 5.41) is 9.58. The topological polar surface area (TPSA) is 41.5 Å². The molecule has 0 aromatic heterocycles. The lowest BCUT2D eigenvalue weighted by molar-refractivity contribution is -0.0975. The van der Waals surface area contributed by atoms with E-state index >= 15 is 0 Å². The van der Waals surface area contributed by atoms with Crippen LogP contribution >= 0.6 is 0 Å². The van der Waals surface area contributed by atoms with Crippen molar-refractivity contribution >= 4 is 0 Å². The van der Waals surface area contributed by atoms with E-state index in [2.05, 4.69) is 5.48 Å². The normalized spacial score (nSPS) is 17.5. The van der Waals surface area contributed by atoms with Crippen molar-refractivity contribution in [1.82, 2.24) is 5.48 Å². The summed E-state index contributed by atoms with van der Waals surface area (Å²) in [6.45, 7) is 10.1. The summed E-state index contributed by atoms with van der Waals surface area (Å²) >= 11 is 0. The molecule has 0 amide bonds. The third-order valence-electron chi connectivity index (χ3n) is 1.59. The maximum absolute atomic E-state index is 9.58. The summed E-state index contributed by atoms with van der Waals surface area (Å²) in [6, 6.07) is 0. The third-order valence-corrected chi connectivity index (χ3v) is 1.59. The molecule has 0 rings (SSSR count). The van der Waals surface area contributed by atoms with Crippen molar-refractivity contribution in [2.45, 2.75) is 52.2 Å². The fourth-order valence-corrected chi connectivity index (χ4v) is 0.533. The van der Waals surface area contributed by atoms with E-state index in [0.717, 1.165) is 0 Å². The number of hydrogen-bond donors (Lipinski definition) is 2. The van der Waals surface area contributed by atoms with Gasteiger partial charge in [0.15, 0.2) is 0 Å². The molecule has 3 heteroatoms. The zero-order chi connectivity index (χ0) is 9.83. The maximum atomic E-state index is 9.58. The van der Waals surface area contributed by atoms with Crippen LogP contribution in [0.25, 0.3) is 0 Å². The van der Waals surface area contributed by atoms with Gasteiger partial charge in [0.2, 0.25) is 0 Å². The van der Waals surface area contributed by atoms with Gasteiger partial charge in [-0.25, -0.2) is 0 Å². The molecule has 0 aliphatic carbocycles. The molecule has 74 valence electrons. The second-order valence-corrected chi connectivity index (χ2v) is 4.39. The lowest BCUT2D eigenvalue weighted by atomic mass is 10.1. The van der Waals surface area contributed by atoms with Gasteiger partial charge in [0.05, 0.1) is 11.2 Å². The van der Waals surface area contributed by atoms with Gasteiger partial charge in [-0.05, 0) is 34.1 Å². The average molecular weight is 175 g/mol. The lowest BCUT2D eigenvalue weighted by Crippen LogP contribution is -2.40. The predicted molar refractivity (Wildman–Crippen MR) is 49.8 cm³/mol. The van der Waals surface area contributed by atoms with Gasteiger partial charge < -0.3 is 5.11 Å². The number of hydrogen-bond acceptors (Lipinski definition) is 3. The Bertz CT molecular complexity index is 127. The quantitative estimate of drug-likeness (QED) is 0.636. The molecule has 0 aliphatic rings. The molecule has 0 aromatic carbocycles. The van der Waals surface area contributed by atoms with Crippen LogP contribution in [-0.4, -0.2) is 22.9 Å². The average Bonchev–Trinajstić information content (AvgIpc) is 1.84. The van der Waals surface area contributed by atoms with Crippen molar-refractivity contribution < 1.29 is 9.94 Å². The van der Waals surface area contributed by atoms with Crippen LogP contribution in [0, 0.1) is 0 Å². The Hall–Kier alpha value is -0.120. The molecule has 0 aliphatic heterocycles. The van der Waals surface area contributed by atoms with E-state index in [1.165, 1.54) is 0 Å². The maximum Gasteiger partial charge on any atom is 0.0812 e. The van der Waals surface area contributed by atoms with Gasteiger partial charge >= 0.3 is 0 Å². The molecular formula is C9H21NO2. The van der Waals surface area contributed by atoms with Crippen LogP contribution in [0.5, 0.6) is 0 Å². The minimum Gasteiger partial charge on any atom is -0.389 e. The van der Waals surface area contributed by atoms with Gasteiger partial charge in [0, 0.05) is 6.54 Å². The first-order valence-electron chi connectivity index (χ1n) is 4.40. The number of aliphatic hydroxyl groups is 1. The van der Waals surface area contributed by atoms with Gasteiger partial charge in [-0.3, -0.25) is 4.84 Å². The summed E-state index contributed by atoms with van der Waals surface area (Å²) in [6.07, 6.45) is 0.716. The van der Waals surface area contributed by atoms with Gasteiger partial charge in [-0.2, -0.15) is 5.48 Å². The monoisotopic (exact) mass is 175 g/mol. The highest BCUT2D eigenvalue weighted by molar-refractivity contribution is 4.71. The van der Waals surface area contributed by atoms with Crippen molar-refractivity contribution in [1.29, 1.82) is 0 Å². The molecule has 0 bridgehead atoms. The fraction of sp³-hybridized carbons (Fsp3) is 1.00. The predicted octanol–water partition coefficient (Wildman–Crippen LogP) is 1.47. The highest BCUT2D eigenvalue weighted by Gasteiger charge is 2.18. The number of hydroxylamine groups is 1. The molecule has 0 aromatic rings. The van der Waals surface area contributed by atoms with Gasteiger partial charge in [0.25, 0.3) is 0 Å². The van der Waals surface area contributed by atoms with Gasteiger partial charge in [-0.1, -0.05) is 6.92 Å². The van der Waals surface area contributed by atoms with E-state index in [1.807, 2.05) is 27.7 Å². The van der Waals surface area contributed by atoms with Crippen molar-refractivity contribution in [3.63, 3.8) is 0 Å². The molecule has 0 radical (unpaired) electrons. The molecule has 1 unspecified atom stereocenters. The molecule has 0 saturated heterocycles. The zero-order valence-electron chi connectivity index (χ0n) is 8.77. The summed E-state index contributed by atoms with van der Waals surface area (Å²) in [4.78, 5) is 5.26. The van der Waals surface area contributed by atoms with E-state index in [9.17, 15) is 5.11 Å². The van der Waals surface area contributed by atoms with E-state index in [4.69, 9.17) is 4.84 Å². The Morgan fingerprint density at radius 3 is 2.08 bits per heavy atom. The first kappa shape index (κ1) is 11.9. The molecule has 0 saturated carbocycles. The van der Waals surface area contributed by atoms with Crippen LogP contribution in [0.1, 0.15) is 41.0 Å². The molecule has 3 nitrogen and oxygen atoms in total. The molecular weight excluding hydrogens is 154 g/mol. The Kier molecular flexibility index (Phi) is 4.17. The van der Waals surface area contributed by atoms with Crippen LogP contribution in [0.2, 0.25) is 0 Å². The highest BCUT2D eigenvalue weighted by Crippen LogP contribution is 2.08. The molecule has 0 heterocycles. The largest absolute Gasteiger partial charge is 0.389 e.